The van der Waals surface area contributed by atoms with Crippen LogP contribution in [0.3, 0.4) is 0 Å². The number of anilines is 2. The molecule has 1 saturated heterocycles. The van der Waals surface area contributed by atoms with Crippen LogP contribution in [0, 0.1) is 17.2 Å². The summed E-state index contributed by atoms with van der Waals surface area (Å²) < 4.78 is 0. The quantitative estimate of drug-likeness (QED) is 0.510. The number of likely N-dealkylation sites (tertiary alicyclic amines) is 1. The highest BCUT2D eigenvalue weighted by atomic mass is 35.5. The minimum Gasteiger partial charge on any atom is -0.398 e. The van der Waals surface area contributed by atoms with Gasteiger partial charge in [-0.1, -0.05) is 18.5 Å². The Morgan fingerprint density at radius 3 is 3.00 bits per heavy atom. The van der Waals surface area contributed by atoms with Crippen LogP contribution in [0.25, 0.3) is 0 Å². The van der Waals surface area contributed by atoms with Crippen molar-refractivity contribution in [2.75, 3.05) is 24.1 Å². The molecule has 6 heteroatoms. The number of carbonyl (C=O) groups excluding carboxylic acids is 1. The second-order valence-electron chi connectivity index (χ2n) is 5.59. The van der Waals surface area contributed by atoms with E-state index in [0.717, 1.165) is 19.5 Å². The standard InChI is InChI=1S/C16H19ClN4O/c1-11-3-2-6-21(9-11)10-12(8-18)16(22)20-13-4-5-15(19)14(17)7-13/h4-5,7,10-11H,2-3,6,9,19H2,1H3,(H,20,22)/b12-10-. The Hall–Kier alpha value is -2.19. The molecule has 5 nitrogen and oxygen atoms in total. The number of hydrogen-bond acceptors (Lipinski definition) is 4. The number of nitriles is 1. The minimum atomic E-state index is -0.443. The van der Waals surface area contributed by atoms with Gasteiger partial charge in [-0.15, -0.1) is 0 Å². The lowest BCUT2D eigenvalue weighted by atomic mass is 10.0. The number of benzene rings is 1. The number of piperidine rings is 1. The van der Waals surface area contributed by atoms with Crippen molar-refractivity contribution < 1.29 is 4.79 Å². The molecule has 3 N–H and O–H groups in total. The molecular weight excluding hydrogens is 300 g/mol. The fraction of sp³-hybridized carbons (Fsp3) is 0.375. The van der Waals surface area contributed by atoms with Gasteiger partial charge < -0.3 is 16.0 Å². The Bertz CT molecular complexity index is 636. The summed E-state index contributed by atoms with van der Waals surface area (Å²) in [4.78, 5) is 14.2. The Morgan fingerprint density at radius 2 is 2.36 bits per heavy atom. The van der Waals surface area contributed by atoms with Crippen LogP contribution in [0.15, 0.2) is 30.0 Å². The normalized spacial score (nSPS) is 18.7. The topological polar surface area (TPSA) is 82.2 Å². The third kappa shape index (κ3) is 4.15. The minimum absolute atomic E-state index is 0.0852. The van der Waals surface area contributed by atoms with Crippen molar-refractivity contribution in [3.8, 4) is 6.07 Å². The maximum absolute atomic E-state index is 12.2. The lowest BCUT2D eigenvalue weighted by Gasteiger charge is -2.29. The smallest absolute Gasteiger partial charge is 0.267 e. The second-order valence-corrected chi connectivity index (χ2v) is 5.99. The van der Waals surface area contributed by atoms with Crippen molar-refractivity contribution in [1.82, 2.24) is 4.90 Å². The number of nitrogens with one attached hydrogen (secondary N) is 1. The van der Waals surface area contributed by atoms with Crippen LogP contribution in [0.2, 0.25) is 5.02 Å². The molecular formula is C16H19ClN4O. The first-order valence-corrected chi connectivity index (χ1v) is 7.59. The number of hydrogen-bond donors (Lipinski definition) is 2. The average Bonchev–Trinajstić information content (AvgIpc) is 2.48. The van der Waals surface area contributed by atoms with Crippen LogP contribution in [0.4, 0.5) is 11.4 Å². The molecule has 0 saturated carbocycles. The van der Waals surface area contributed by atoms with E-state index >= 15 is 0 Å². The number of nitrogens with zero attached hydrogens (tertiary/aromatic N) is 2. The van der Waals surface area contributed by atoms with E-state index in [9.17, 15) is 10.1 Å². The first-order valence-electron chi connectivity index (χ1n) is 7.22. The van der Waals surface area contributed by atoms with Crippen LogP contribution >= 0.6 is 11.6 Å². The third-order valence-corrected chi connectivity index (χ3v) is 3.95. The molecule has 1 heterocycles. The molecule has 0 spiro atoms. The molecule has 0 aromatic heterocycles. The van der Waals surface area contributed by atoms with Gasteiger partial charge in [-0.25, -0.2) is 0 Å². The van der Waals surface area contributed by atoms with E-state index in [4.69, 9.17) is 17.3 Å². The molecule has 116 valence electrons. The molecule has 1 aliphatic heterocycles. The number of carbonyl (C=O) groups is 1. The lowest BCUT2D eigenvalue weighted by Crippen LogP contribution is -2.31. The summed E-state index contributed by atoms with van der Waals surface area (Å²) in [5.74, 6) is 0.130. The average molecular weight is 319 g/mol. The zero-order chi connectivity index (χ0) is 16.1. The van der Waals surface area contributed by atoms with Gasteiger partial charge in [0.1, 0.15) is 11.6 Å². The number of halogens is 1. The van der Waals surface area contributed by atoms with E-state index in [1.165, 1.54) is 6.42 Å². The van der Waals surface area contributed by atoms with Crippen LogP contribution < -0.4 is 11.1 Å². The van der Waals surface area contributed by atoms with E-state index in [0.29, 0.717) is 22.3 Å². The van der Waals surface area contributed by atoms with Crippen LogP contribution in [0.5, 0.6) is 0 Å². The molecule has 22 heavy (non-hydrogen) atoms. The second kappa shape index (κ2) is 7.19. The number of amides is 1. The molecule has 1 fully saturated rings. The van der Waals surface area contributed by atoms with Crippen molar-refractivity contribution in [2.24, 2.45) is 5.92 Å². The lowest BCUT2D eigenvalue weighted by molar-refractivity contribution is -0.112. The zero-order valence-corrected chi connectivity index (χ0v) is 13.2. The summed E-state index contributed by atoms with van der Waals surface area (Å²) in [5, 5.41) is 12.2. The van der Waals surface area contributed by atoms with Crippen LogP contribution in [-0.4, -0.2) is 23.9 Å². The maximum atomic E-state index is 12.2. The van der Waals surface area contributed by atoms with Gasteiger partial charge in [-0.3, -0.25) is 4.79 Å². The Balaban J connectivity index is 2.08. The highest BCUT2D eigenvalue weighted by Gasteiger charge is 2.17. The van der Waals surface area contributed by atoms with Crippen molar-refractivity contribution in [3.63, 3.8) is 0 Å². The summed E-state index contributed by atoms with van der Waals surface area (Å²) in [6.07, 6.45) is 3.90. The largest absolute Gasteiger partial charge is 0.398 e. The molecule has 0 radical (unpaired) electrons. The van der Waals surface area contributed by atoms with E-state index in [-0.39, 0.29) is 5.57 Å². The molecule has 1 amide bonds. The Morgan fingerprint density at radius 1 is 1.59 bits per heavy atom. The van der Waals surface area contributed by atoms with Gasteiger partial charge in [0.15, 0.2) is 0 Å². The third-order valence-electron chi connectivity index (χ3n) is 3.62. The number of rotatable bonds is 3. The van der Waals surface area contributed by atoms with E-state index in [1.807, 2.05) is 11.0 Å². The van der Waals surface area contributed by atoms with Crippen molar-refractivity contribution in [3.05, 3.63) is 35.0 Å². The van der Waals surface area contributed by atoms with Crippen LogP contribution in [0.1, 0.15) is 19.8 Å². The molecule has 1 aliphatic rings. The van der Waals surface area contributed by atoms with Gasteiger partial charge in [0, 0.05) is 25.0 Å². The van der Waals surface area contributed by atoms with Crippen molar-refractivity contribution >= 4 is 28.9 Å². The van der Waals surface area contributed by atoms with E-state index < -0.39 is 5.91 Å². The molecule has 0 bridgehead atoms. The maximum Gasteiger partial charge on any atom is 0.267 e. The fourth-order valence-electron chi connectivity index (χ4n) is 2.47. The summed E-state index contributed by atoms with van der Waals surface area (Å²) in [6.45, 7) is 3.91. The fourth-order valence-corrected chi connectivity index (χ4v) is 2.65. The summed E-state index contributed by atoms with van der Waals surface area (Å²) in [5.41, 5.74) is 6.67. The summed E-state index contributed by atoms with van der Waals surface area (Å²) >= 11 is 5.92. The van der Waals surface area contributed by atoms with Crippen molar-refractivity contribution in [2.45, 2.75) is 19.8 Å². The molecule has 0 aliphatic carbocycles. The Kier molecular flexibility index (Phi) is 5.29. The monoisotopic (exact) mass is 318 g/mol. The number of nitrogens with two attached hydrogens (primary N) is 1. The highest BCUT2D eigenvalue weighted by molar-refractivity contribution is 6.33. The predicted octanol–water partition coefficient (Wildman–Crippen LogP) is 3.00. The predicted molar refractivity (Wildman–Crippen MR) is 88.2 cm³/mol. The van der Waals surface area contributed by atoms with Gasteiger partial charge in [0.2, 0.25) is 0 Å². The Labute approximate surface area is 135 Å². The highest BCUT2D eigenvalue weighted by Crippen LogP contribution is 2.23. The van der Waals surface area contributed by atoms with Gasteiger partial charge in [-0.05, 0) is 37.0 Å². The molecule has 2 rings (SSSR count). The molecule has 1 atom stereocenters. The molecule has 1 aromatic rings. The summed E-state index contributed by atoms with van der Waals surface area (Å²) in [7, 11) is 0. The number of nitrogen functional groups attached to an aromatic ring is 1. The molecule has 1 unspecified atom stereocenters. The van der Waals surface area contributed by atoms with Gasteiger partial charge in [-0.2, -0.15) is 5.26 Å². The van der Waals surface area contributed by atoms with E-state index in [1.54, 1.807) is 24.4 Å². The van der Waals surface area contributed by atoms with Gasteiger partial charge in [0.05, 0.1) is 10.7 Å². The first-order chi connectivity index (χ1) is 10.5. The van der Waals surface area contributed by atoms with Crippen LogP contribution in [-0.2, 0) is 4.79 Å². The van der Waals surface area contributed by atoms with E-state index in [2.05, 4.69) is 12.2 Å². The first kappa shape index (κ1) is 16.2. The summed E-state index contributed by atoms with van der Waals surface area (Å²) in [6, 6.07) is 6.78. The van der Waals surface area contributed by atoms with Gasteiger partial charge in [0.25, 0.3) is 5.91 Å². The van der Waals surface area contributed by atoms with Gasteiger partial charge >= 0.3 is 0 Å². The SMILES string of the molecule is CC1CCCN(/C=C(/C#N)C(=O)Nc2ccc(N)c(Cl)c2)C1. The van der Waals surface area contributed by atoms with Crippen molar-refractivity contribution in [1.29, 1.82) is 5.26 Å². The zero-order valence-electron chi connectivity index (χ0n) is 12.5. The molecule has 1 aromatic carbocycles.